The minimum absolute atomic E-state index is 0.0566. The summed E-state index contributed by atoms with van der Waals surface area (Å²) < 4.78 is 30.3. The molecular weight excluding hydrogens is 746 g/mol. The number of hydrogen-bond acceptors (Lipinski definition) is 9. The fourth-order valence-electron chi connectivity index (χ4n) is 6.37. The van der Waals surface area contributed by atoms with Gasteiger partial charge in [0.05, 0.1) is 50.9 Å². The van der Waals surface area contributed by atoms with Gasteiger partial charge in [0.25, 0.3) is 0 Å². The maximum absolute atomic E-state index is 14.9. The number of carbonyl (C=O) groups excluding carboxylic acids is 4. The number of methoxy groups -OCH3 is 2. The summed E-state index contributed by atoms with van der Waals surface area (Å²) in [5.74, 6) is -0.858. The van der Waals surface area contributed by atoms with Crippen LogP contribution in [0.4, 0.5) is 14.0 Å². The van der Waals surface area contributed by atoms with Crippen molar-refractivity contribution in [3.05, 3.63) is 96.6 Å². The summed E-state index contributed by atoms with van der Waals surface area (Å²) in [4.78, 5) is 65.7. The lowest BCUT2D eigenvalue weighted by molar-refractivity contribution is -0.139. The highest BCUT2D eigenvalue weighted by atomic mass is 19.1. The van der Waals surface area contributed by atoms with E-state index in [4.69, 9.17) is 9.47 Å². The van der Waals surface area contributed by atoms with Gasteiger partial charge in [-0.05, 0) is 82.6 Å². The summed E-state index contributed by atoms with van der Waals surface area (Å²) in [6.45, 7) is 25.5. The predicted octanol–water partition coefficient (Wildman–Crippen LogP) is 7.15. The van der Waals surface area contributed by atoms with Crippen molar-refractivity contribution in [1.82, 2.24) is 30.4 Å². The average molecular weight is 808 g/mol. The quantitative estimate of drug-likeness (QED) is 0.0979. The fourth-order valence-corrected chi connectivity index (χ4v) is 6.37. The topological polar surface area (TPSA) is 168 Å². The van der Waals surface area contributed by atoms with Crippen molar-refractivity contribution in [1.29, 1.82) is 0 Å². The maximum atomic E-state index is 14.9. The van der Waals surface area contributed by atoms with E-state index in [0.29, 0.717) is 42.1 Å². The Morgan fingerprint density at radius 1 is 1.02 bits per heavy atom. The number of amides is 4. The molecular formula is C43H62FN7O7. The highest BCUT2D eigenvalue weighted by Crippen LogP contribution is 2.30. The normalized spacial score (nSPS) is 19.1. The van der Waals surface area contributed by atoms with E-state index in [2.05, 4.69) is 50.1 Å². The monoisotopic (exact) mass is 807 g/mol. The van der Waals surface area contributed by atoms with Gasteiger partial charge in [-0.2, -0.15) is 0 Å². The van der Waals surface area contributed by atoms with Crippen LogP contribution >= 0.6 is 0 Å². The van der Waals surface area contributed by atoms with Crippen molar-refractivity contribution < 1.29 is 37.8 Å². The number of allylic oxidation sites excluding steroid dienone is 10. The van der Waals surface area contributed by atoms with Gasteiger partial charge in [0.15, 0.2) is 0 Å². The number of alkyl carbamates (subject to hydrolysis) is 2. The summed E-state index contributed by atoms with van der Waals surface area (Å²) in [6, 6.07) is -2.00. The molecule has 0 aromatic carbocycles. The molecule has 0 spiro atoms. The molecule has 1 aromatic rings. The van der Waals surface area contributed by atoms with Gasteiger partial charge in [-0.1, -0.05) is 57.4 Å². The Balaban J connectivity index is 2.03. The lowest BCUT2D eigenvalue weighted by atomic mass is 9.85. The van der Waals surface area contributed by atoms with Crippen LogP contribution in [0.5, 0.6) is 0 Å². The van der Waals surface area contributed by atoms with Crippen LogP contribution in [0.2, 0.25) is 0 Å². The van der Waals surface area contributed by atoms with Gasteiger partial charge < -0.3 is 39.6 Å². The van der Waals surface area contributed by atoms with Crippen LogP contribution in [0.1, 0.15) is 78.9 Å². The molecule has 3 N–H and O–H groups in total. The Morgan fingerprint density at radius 3 is 2.22 bits per heavy atom. The second kappa shape index (κ2) is 23.6. The Labute approximate surface area is 342 Å². The molecule has 14 nitrogen and oxygen atoms in total. The number of H-pyrrole nitrogens is 1. The summed E-state index contributed by atoms with van der Waals surface area (Å²) in [5, 5.41) is 5.31. The first-order valence-electron chi connectivity index (χ1n) is 19.3. The van der Waals surface area contributed by atoms with Crippen LogP contribution < -0.4 is 10.6 Å². The molecule has 1 aliphatic heterocycles. The third-order valence-electron chi connectivity index (χ3n) is 9.53. The molecule has 0 radical (unpaired) electrons. The molecule has 4 amide bonds. The van der Waals surface area contributed by atoms with Crippen LogP contribution in [-0.4, -0.2) is 109 Å². The first kappa shape index (κ1) is 48.6. The van der Waals surface area contributed by atoms with Gasteiger partial charge in [-0.3, -0.25) is 14.6 Å². The van der Waals surface area contributed by atoms with E-state index in [9.17, 15) is 23.6 Å². The smallest absolute Gasteiger partial charge is 0.407 e. The number of hydrogen-bond donors (Lipinski definition) is 3. The summed E-state index contributed by atoms with van der Waals surface area (Å²) in [7, 11) is 4.09. The van der Waals surface area contributed by atoms with E-state index in [1.54, 1.807) is 24.2 Å². The number of rotatable bonds is 19. The Kier molecular flexibility index (Phi) is 19.8. The third kappa shape index (κ3) is 15.1. The lowest BCUT2D eigenvalue weighted by Gasteiger charge is -2.39. The highest BCUT2D eigenvalue weighted by Gasteiger charge is 2.39. The standard InChI is InChI=1S/C43H62FN7O7/c1-14-51(41(53)38(49-43(55)57-13)34-23-31(8)58-32(9)24-34)33(10)39-46-25-36(47-39)30(7)21-27(4)15-16-29(6)35(44)22-28(5)17-18-45-19-20-50(11)40(52)37(26(2)3)48-42(54)56-12/h15-19,21-22,25-26,31-34,37-38H,5-7,14,20,23-24H2,1-4,8-13H3,(H,46,47)(H,48,54)(H,49,55)/b16-15+,18-17+,27-21+,35-22+,45-19?/t31-,32+,33-,34?,37-,38?/m0/s1. The van der Waals surface area contributed by atoms with Gasteiger partial charge in [-0.25, -0.2) is 19.0 Å². The molecule has 1 aliphatic rings. The molecule has 2 unspecified atom stereocenters. The SMILES string of the molecule is C=C(/C=C/N=CCN(C)C(=O)[C@@H](NC(=O)OC)C(C)C)/C=C(/F)C(=C)/C=C/C(C)=C/C(=C)c1cnc([C@H](C)N(CC)C(=O)C(NC(=O)OC)C2C[C@@H](C)O[C@@H](C)C2)[nH]1. The van der Waals surface area contributed by atoms with E-state index in [1.165, 1.54) is 49.8 Å². The molecule has 1 fully saturated rings. The van der Waals surface area contributed by atoms with Gasteiger partial charge >= 0.3 is 12.2 Å². The number of nitrogens with one attached hydrogen (secondary N) is 3. The van der Waals surface area contributed by atoms with E-state index >= 15 is 0 Å². The zero-order chi connectivity index (χ0) is 43.7. The molecule has 2 rings (SSSR count). The van der Waals surface area contributed by atoms with Crippen LogP contribution in [0.25, 0.3) is 5.57 Å². The van der Waals surface area contributed by atoms with Gasteiger partial charge in [0.2, 0.25) is 11.8 Å². The molecule has 15 heteroatoms. The molecule has 1 aromatic heterocycles. The van der Waals surface area contributed by atoms with Crippen molar-refractivity contribution in [3.63, 3.8) is 0 Å². The molecule has 318 valence electrons. The largest absolute Gasteiger partial charge is 0.453 e. The van der Waals surface area contributed by atoms with Gasteiger partial charge in [-0.15, -0.1) is 0 Å². The Hall–Kier alpha value is -5.57. The number of nitrogens with zero attached hydrogens (tertiary/aromatic N) is 4. The summed E-state index contributed by atoms with van der Waals surface area (Å²) >= 11 is 0. The molecule has 1 saturated heterocycles. The number of aromatic nitrogens is 2. The second-order valence-electron chi connectivity index (χ2n) is 14.6. The van der Waals surface area contributed by atoms with E-state index in [-0.39, 0.29) is 48.0 Å². The van der Waals surface area contributed by atoms with Gasteiger partial charge in [0, 0.05) is 31.6 Å². The van der Waals surface area contributed by atoms with E-state index in [1.807, 2.05) is 54.5 Å². The van der Waals surface area contributed by atoms with Gasteiger partial charge in [0.1, 0.15) is 23.7 Å². The number of aliphatic imine (C=N–C) groups is 1. The minimum atomic E-state index is -0.797. The predicted molar refractivity (Wildman–Crippen MR) is 225 cm³/mol. The van der Waals surface area contributed by atoms with Crippen LogP contribution in [0.15, 0.2) is 90.1 Å². The van der Waals surface area contributed by atoms with Crippen molar-refractivity contribution in [3.8, 4) is 0 Å². The van der Waals surface area contributed by atoms with E-state index < -0.39 is 36.1 Å². The van der Waals surface area contributed by atoms with Crippen molar-refractivity contribution in [2.24, 2.45) is 16.8 Å². The zero-order valence-corrected chi connectivity index (χ0v) is 35.6. The molecule has 0 aliphatic carbocycles. The minimum Gasteiger partial charge on any atom is -0.453 e. The lowest BCUT2D eigenvalue weighted by Crippen LogP contribution is -2.55. The third-order valence-corrected chi connectivity index (χ3v) is 9.53. The van der Waals surface area contributed by atoms with Crippen LogP contribution in [-0.2, 0) is 23.8 Å². The highest BCUT2D eigenvalue weighted by molar-refractivity contribution is 5.87. The number of carbonyl (C=O) groups is 4. The second-order valence-corrected chi connectivity index (χ2v) is 14.6. The zero-order valence-electron chi connectivity index (χ0n) is 35.6. The van der Waals surface area contributed by atoms with Crippen molar-refractivity contribution >= 4 is 35.8 Å². The van der Waals surface area contributed by atoms with Crippen molar-refractivity contribution in [2.75, 3.05) is 34.4 Å². The molecule has 0 bridgehead atoms. The average Bonchev–Trinajstić information content (AvgIpc) is 3.68. The van der Waals surface area contributed by atoms with E-state index in [0.717, 1.165) is 5.57 Å². The number of imidazole rings is 1. The number of likely N-dealkylation sites (N-methyl/N-ethyl adjacent to an activating group) is 2. The van der Waals surface area contributed by atoms with Crippen LogP contribution in [0, 0.1) is 11.8 Å². The number of halogens is 1. The van der Waals surface area contributed by atoms with Crippen molar-refractivity contribution in [2.45, 2.75) is 91.6 Å². The first-order valence-corrected chi connectivity index (χ1v) is 19.3. The molecule has 2 heterocycles. The molecule has 58 heavy (non-hydrogen) atoms. The fraction of sp³-hybridized carbons (Fsp3) is 0.488. The maximum Gasteiger partial charge on any atom is 0.407 e. The number of aromatic amines is 1. The Bertz CT molecular complexity index is 1780. The van der Waals surface area contributed by atoms with Crippen LogP contribution in [0.3, 0.4) is 0 Å². The summed E-state index contributed by atoms with van der Waals surface area (Å²) in [6.07, 6.45) is 12.1. The first-order chi connectivity index (χ1) is 27.3. The number of ether oxygens (including phenoxy) is 3. The molecule has 6 atom stereocenters. The Morgan fingerprint density at radius 2 is 1.64 bits per heavy atom. The summed E-state index contributed by atoms with van der Waals surface area (Å²) in [5.41, 5.74) is 2.49. The molecule has 0 saturated carbocycles.